The number of rotatable bonds is 8. The minimum Gasteiger partial charge on any atom is -0.396 e. The molecular formula is C11H26N2O. The molecule has 0 saturated carbocycles. The molecule has 0 heterocycles. The highest BCUT2D eigenvalue weighted by Crippen LogP contribution is 2.13. The summed E-state index contributed by atoms with van der Waals surface area (Å²) in [6.07, 6.45) is 3.13. The third kappa shape index (κ3) is 4.94. The molecule has 0 saturated heterocycles. The molecule has 2 unspecified atom stereocenters. The molecule has 4 N–H and O–H groups in total. The topological polar surface area (TPSA) is 58.3 Å². The van der Waals surface area contributed by atoms with Crippen molar-refractivity contribution in [2.75, 3.05) is 13.2 Å². The van der Waals surface area contributed by atoms with E-state index in [2.05, 4.69) is 26.1 Å². The van der Waals surface area contributed by atoms with Crippen LogP contribution in [0.2, 0.25) is 0 Å². The first-order chi connectivity index (χ1) is 6.69. The standard InChI is InChI=1S/C11H26N2O/c1-4-10(5-2)11(8-12)13-9(3)6-7-14/h9-11,13-14H,4-8,12H2,1-3H3. The molecule has 14 heavy (non-hydrogen) atoms. The molecular weight excluding hydrogens is 176 g/mol. The van der Waals surface area contributed by atoms with Crippen LogP contribution in [0.1, 0.15) is 40.0 Å². The Bertz CT molecular complexity index is 126. The predicted octanol–water partition coefficient (Wildman–Crippen LogP) is 1.11. The van der Waals surface area contributed by atoms with Crippen molar-refractivity contribution in [1.29, 1.82) is 0 Å². The highest BCUT2D eigenvalue weighted by Gasteiger charge is 2.18. The average molecular weight is 202 g/mol. The second kappa shape index (κ2) is 8.21. The summed E-state index contributed by atoms with van der Waals surface area (Å²) < 4.78 is 0. The molecule has 0 aromatic heterocycles. The molecule has 3 nitrogen and oxygen atoms in total. The largest absolute Gasteiger partial charge is 0.396 e. The SMILES string of the molecule is CCC(CC)C(CN)NC(C)CCO. The van der Waals surface area contributed by atoms with Gasteiger partial charge in [0.15, 0.2) is 0 Å². The first-order valence-corrected chi connectivity index (χ1v) is 5.76. The Morgan fingerprint density at radius 3 is 2.21 bits per heavy atom. The molecule has 0 spiro atoms. The second-order valence-electron chi connectivity index (χ2n) is 4.00. The van der Waals surface area contributed by atoms with Gasteiger partial charge in [0.2, 0.25) is 0 Å². The highest BCUT2D eigenvalue weighted by molar-refractivity contribution is 4.78. The van der Waals surface area contributed by atoms with Crippen molar-refractivity contribution in [3.63, 3.8) is 0 Å². The maximum absolute atomic E-state index is 8.80. The van der Waals surface area contributed by atoms with E-state index in [4.69, 9.17) is 10.8 Å². The van der Waals surface area contributed by atoms with Crippen LogP contribution in [-0.4, -0.2) is 30.3 Å². The Morgan fingerprint density at radius 1 is 1.29 bits per heavy atom. The highest BCUT2D eigenvalue weighted by atomic mass is 16.3. The fourth-order valence-electron chi connectivity index (χ4n) is 1.90. The molecule has 0 bridgehead atoms. The minimum atomic E-state index is 0.244. The van der Waals surface area contributed by atoms with Crippen LogP contribution in [0.3, 0.4) is 0 Å². The summed E-state index contributed by atoms with van der Waals surface area (Å²) in [6, 6.07) is 0.751. The number of nitrogens with two attached hydrogens (primary N) is 1. The molecule has 3 heteroatoms. The zero-order valence-electron chi connectivity index (χ0n) is 9.79. The number of aliphatic hydroxyl groups is 1. The van der Waals surface area contributed by atoms with E-state index in [-0.39, 0.29) is 6.61 Å². The maximum atomic E-state index is 8.80. The first-order valence-electron chi connectivity index (χ1n) is 5.76. The van der Waals surface area contributed by atoms with Crippen molar-refractivity contribution in [3.05, 3.63) is 0 Å². The van der Waals surface area contributed by atoms with Gasteiger partial charge in [0.05, 0.1) is 0 Å². The monoisotopic (exact) mass is 202 g/mol. The molecule has 0 aliphatic carbocycles. The molecule has 0 aromatic rings. The molecule has 86 valence electrons. The molecule has 2 atom stereocenters. The summed E-state index contributed by atoms with van der Waals surface area (Å²) in [5.41, 5.74) is 5.74. The zero-order chi connectivity index (χ0) is 11.0. The van der Waals surface area contributed by atoms with Gasteiger partial charge in [-0.25, -0.2) is 0 Å². The normalized spacial score (nSPS) is 15.9. The zero-order valence-corrected chi connectivity index (χ0v) is 9.79. The molecule has 0 aromatic carbocycles. The van der Waals surface area contributed by atoms with Crippen LogP contribution in [0.4, 0.5) is 0 Å². The average Bonchev–Trinajstić information content (AvgIpc) is 2.18. The van der Waals surface area contributed by atoms with E-state index in [0.717, 1.165) is 19.3 Å². The fraction of sp³-hybridized carbons (Fsp3) is 1.00. The maximum Gasteiger partial charge on any atom is 0.0445 e. The van der Waals surface area contributed by atoms with Gasteiger partial charge in [-0.3, -0.25) is 0 Å². The number of hydrogen-bond donors (Lipinski definition) is 3. The Morgan fingerprint density at radius 2 is 1.86 bits per heavy atom. The summed E-state index contributed by atoms with van der Waals surface area (Å²) in [5.74, 6) is 0.654. The summed E-state index contributed by atoms with van der Waals surface area (Å²) in [5, 5.41) is 12.3. The van der Waals surface area contributed by atoms with E-state index in [1.807, 2.05) is 0 Å². The van der Waals surface area contributed by atoms with E-state index < -0.39 is 0 Å². The van der Waals surface area contributed by atoms with Gasteiger partial charge in [0.1, 0.15) is 0 Å². The third-order valence-electron chi connectivity index (χ3n) is 2.93. The molecule has 0 fully saturated rings. The molecule has 0 aliphatic heterocycles. The Labute approximate surface area is 88.1 Å². The third-order valence-corrected chi connectivity index (χ3v) is 2.93. The quantitative estimate of drug-likeness (QED) is 0.552. The molecule has 0 rings (SSSR count). The lowest BCUT2D eigenvalue weighted by atomic mass is 9.93. The van der Waals surface area contributed by atoms with Crippen molar-refractivity contribution in [2.45, 2.75) is 52.1 Å². The van der Waals surface area contributed by atoms with Crippen molar-refractivity contribution >= 4 is 0 Å². The van der Waals surface area contributed by atoms with Crippen molar-refractivity contribution in [3.8, 4) is 0 Å². The van der Waals surface area contributed by atoms with Gasteiger partial charge in [0, 0.05) is 25.2 Å². The van der Waals surface area contributed by atoms with Gasteiger partial charge in [-0.2, -0.15) is 0 Å². The Hall–Kier alpha value is -0.120. The van der Waals surface area contributed by atoms with Crippen molar-refractivity contribution in [1.82, 2.24) is 5.32 Å². The lowest BCUT2D eigenvalue weighted by molar-refractivity contribution is 0.247. The van der Waals surface area contributed by atoms with Crippen LogP contribution >= 0.6 is 0 Å². The van der Waals surface area contributed by atoms with Crippen LogP contribution in [0.25, 0.3) is 0 Å². The van der Waals surface area contributed by atoms with Crippen molar-refractivity contribution < 1.29 is 5.11 Å². The van der Waals surface area contributed by atoms with E-state index in [1.165, 1.54) is 0 Å². The van der Waals surface area contributed by atoms with Crippen LogP contribution in [0.15, 0.2) is 0 Å². The van der Waals surface area contributed by atoms with E-state index in [0.29, 0.717) is 24.5 Å². The number of aliphatic hydroxyl groups excluding tert-OH is 1. The van der Waals surface area contributed by atoms with Crippen LogP contribution in [-0.2, 0) is 0 Å². The summed E-state index contributed by atoms with van der Waals surface area (Å²) in [6.45, 7) is 7.43. The molecule has 0 radical (unpaired) electrons. The fourth-order valence-corrected chi connectivity index (χ4v) is 1.90. The lowest BCUT2D eigenvalue weighted by Crippen LogP contribution is -2.46. The van der Waals surface area contributed by atoms with E-state index in [9.17, 15) is 0 Å². The summed E-state index contributed by atoms with van der Waals surface area (Å²) in [7, 11) is 0. The molecule has 0 aliphatic rings. The number of nitrogens with one attached hydrogen (secondary N) is 1. The summed E-state index contributed by atoms with van der Waals surface area (Å²) >= 11 is 0. The minimum absolute atomic E-state index is 0.244. The van der Waals surface area contributed by atoms with Crippen LogP contribution < -0.4 is 11.1 Å². The molecule has 0 amide bonds. The van der Waals surface area contributed by atoms with E-state index in [1.54, 1.807) is 0 Å². The van der Waals surface area contributed by atoms with Gasteiger partial charge >= 0.3 is 0 Å². The van der Waals surface area contributed by atoms with Gasteiger partial charge in [-0.15, -0.1) is 0 Å². The van der Waals surface area contributed by atoms with Crippen molar-refractivity contribution in [2.24, 2.45) is 11.7 Å². The van der Waals surface area contributed by atoms with Gasteiger partial charge in [-0.1, -0.05) is 26.7 Å². The summed E-state index contributed by atoms with van der Waals surface area (Å²) in [4.78, 5) is 0. The van der Waals surface area contributed by atoms with E-state index >= 15 is 0 Å². The Kier molecular flexibility index (Phi) is 8.14. The van der Waals surface area contributed by atoms with Gasteiger partial charge in [-0.05, 0) is 19.3 Å². The second-order valence-corrected chi connectivity index (χ2v) is 4.00. The predicted molar refractivity (Wildman–Crippen MR) is 61.2 cm³/mol. The van der Waals surface area contributed by atoms with Crippen LogP contribution in [0.5, 0.6) is 0 Å². The first kappa shape index (κ1) is 13.9. The number of hydrogen-bond acceptors (Lipinski definition) is 3. The van der Waals surface area contributed by atoms with Gasteiger partial charge in [0.25, 0.3) is 0 Å². The van der Waals surface area contributed by atoms with Gasteiger partial charge < -0.3 is 16.2 Å². The Balaban J connectivity index is 3.98. The smallest absolute Gasteiger partial charge is 0.0445 e. The van der Waals surface area contributed by atoms with Crippen LogP contribution in [0, 0.1) is 5.92 Å². The lowest BCUT2D eigenvalue weighted by Gasteiger charge is -2.28.